The van der Waals surface area contributed by atoms with Crippen LogP contribution in [0.25, 0.3) is 0 Å². The van der Waals surface area contributed by atoms with Crippen molar-refractivity contribution in [2.75, 3.05) is 5.73 Å². The molecule has 1 heterocycles. The number of nitrogens with two attached hydrogens (primary N) is 1. The van der Waals surface area contributed by atoms with E-state index in [0.717, 1.165) is 11.2 Å². The standard InChI is InChI=1S/C12H11NO3S/c13-8-2-1-3-10(4-8)17-7-9-5-11(14)12(15)6-16-9/h1-6,15H,7,13H2. The Bertz CT molecular complexity index is 580. The summed E-state index contributed by atoms with van der Waals surface area (Å²) in [5.41, 5.74) is 5.92. The SMILES string of the molecule is Nc1cccc(SCc2cc(=O)c(O)co2)c1. The third-order valence-electron chi connectivity index (χ3n) is 2.11. The van der Waals surface area contributed by atoms with Gasteiger partial charge in [-0.1, -0.05) is 6.07 Å². The van der Waals surface area contributed by atoms with Crippen LogP contribution in [0.2, 0.25) is 0 Å². The number of thioether (sulfide) groups is 1. The van der Waals surface area contributed by atoms with Crippen LogP contribution in [0.15, 0.2) is 50.7 Å². The van der Waals surface area contributed by atoms with E-state index in [4.69, 9.17) is 15.3 Å². The molecule has 1 aromatic heterocycles. The predicted molar refractivity (Wildman–Crippen MR) is 67.1 cm³/mol. The lowest BCUT2D eigenvalue weighted by molar-refractivity contribution is 0.419. The zero-order valence-corrected chi connectivity index (χ0v) is 9.74. The van der Waals surface area contributed by atoms with Gasteiger partial charge in [-0.25, -0.2) is 0 Å². The van der Waals surface area contributed by atoms with Crippen LogP contribution in [0.1, 0.15) is 5.76 Å². The third kappa shape index (κ3) is 3.04. The molecule has 0 unspecified atom stereocenters. The lowest BCUT2D eigenvalue weighted by Gasteiger charge is -2.02. The molecule has 0 fully saturated rings. The van der Waals surface area contributed by atoms with Gasteiger partial charge in [0.1, 0.15) is 12.0 Å². The van der Waals surface area contributed by atoms with Crippen molar-refractivity contribution in [3.05, 3.63) is 52.6 Å². The van der Waals surface area contributed by atoms with E-state index < -0.39 is 5.43 Å². The van der Waals surface area contributed by atoms with Gasteiger partial charge in [-0.15, -0.1) is 11.8 Å². The van der Waals surface area contributed by atoms with Gasteiger partial charge in [-0.2, -0.15) is 0 Å². The number of aromatic hydroxyl groups is 1. The predicted octanol–water partition coefficient (Wildman–Crippen LogP) is 2.22. The summed E-state index contributed by atoms with van der Waals surface area (Å²) in [6, 6.07) is 8.74. The molecule has 4 nitrogen and oxygen atoms in total. The number of hydrogen-bond acceptors (Lipinski definition) is 5. The molecule has 17 heavy (non-hydrogen) atoms. The highest BCUT2D eigenvalue weighted by molar-refractivity contribution is 7.98. The van der Waals surface area contributed by atoms with Crippen LogP contribution in [0.4, 0.5) is 5.69 Å². The Morgan fingerprint density at radius 1 is 1.35 bits per heavy atom. The first-order valence-electron chi connectivity index (χ1n) is 4.94. The van der Waals surface area contributed by atoms with Crippen LogP contribution in [-0.2, 0) is 5.75 Å². The van der Waals surface area contributed by atoms with Crippen molar-refractivity contribution in [1.82, 2.24) is 0 Å². The van der Waals surface area contributed by atoms with E-state index in [9.17, 15) is 4.79 Å². The van der Waals surface area contributed by atoms with Gasteiger partial charge in [0, 0.05) is 16.6 Å². The first-order valence-corrected chi connectivity index (χ1v) is 5.93. The highest BCUT2D eigenvalue weighted by atomic mass is 32.2. The largest absolute Gasteiger partial charge is 0.502 e. The molecule has 0 aliphatic carbocycles. The minimum atomic E-state index is -0.431. The number of anilines is 1. The molecule has 0 spiro atoms. The van der Waals surface area contributed by atoms with E-state index in [2.05, 4.69) is 0 Å². The Labute approximate surface area is 102 Å². The van der Waals surface area contributed by atoms with E-state index in [0.29, 0.717) is 17.2 Å². The van der Waals surface area contributed by atoms with Gasteiger partial charge in [-0.05, 0) is 18.2 Å². The number of hydrogen-bond donors (Lipinski definition) is 2. The molecular formula is C12H11NO3S. The lowest BCUT2D eigenvalue weighted by atomic mass is 10.3. The van der Waals surface area contributed by atoms with Crippen molar-refractivity contribution in [3.63, 3.8) is 0 Å². The Balaban J connectivity index is 2.07. The average molecular weight is 249 g/mol. The molecule has 0 amide bonds. The van der Waals surface area contributed by atoms with E-state index in [1.165, 1.54) is 17.8 Å². The first-order chi connectivity index (χ1) is 8.15. The molecular weight excluding hydrogens is 238 g/mol. The van der Waals surface area contributed by atoms with Crippen molar-refractivity contribution in [3.8, 4) is 5.75 Å². The van der Waals surface area contributed by atoms with Gasteiger partial charge in [0.2, 0.25) is 5.43 Å². The fraction of sp³-hybridized carbons (Fsp3) is 0.0833. The molecule has 0 bridgehead atoms. The van der Waals surface area contributed by atoms with E-state index in [1.54, 1.807) is 0 Å². The monoisotopic (exact) mass is 249 g/mol. The summed E-state index contributed by atoms with van der Waals surface area (Å²) in [5.74, 6) is 0.654. The summed E-state index contributed by atoms with van der Waals surface area (Å²) in [7, 11) is 0. The quantitative estimate of drug-likeness (QED) is 0.644. The Morgan fingerprint density at radius 2 is 2.18 bits per heavy atom. The minimum absolute atomic E-state index is 0.372. The molecule has 0 radical (unpaired) electrons. The summed E-state index contributed by atoms with van der Waals surface area (Å²) < 4.78 is 5.09. The van der Waals surface area contributed by atoms with Crippen molar-refractivity contribution < 1.29 is 9.52 Å². The number of rotatable bonds is 3. The highest BCUT2D eigenvalue weighted by Gasteiger charge is 2.03. The van der Waals surface area contributed by atoms with Gasteiger partial charge < -0.3 is 15.3 Å². The molecule has 2 aromatic rings. The zero-order valence-electron chi connectivity index (χ0n) is 8.92. The molecule has 5 heteroatoms. The molecule has 0 atom stereocenters. The molecule has 0 aliphatic rings. The van der Waals surface area contributed by atoms with Gasteiger partial charge in [0.25, 0.3) is 0 Å². The molecule has 0 saturated heterocycles. The Hall–Kier alpha value is -1.88. The normalized spacial score (nSPS) is 10.4. The van der Waals surface area contributed by atoms with Crippen LogP contribution in [0, 0.1) is 0 Å². The number of nitrogen functional groups attached to an aromatic ring is 1. The molecule has 0 aliphatic heterocycles. The maximum absolute atomic E-state index is 11.2. The smallest absolute Gasteiger partial charge is 0.226 e. The van der Waals surface area contributed by atoms with Crippen molar-refractivity contribution in [2.45, 2.75) is 10.6 Å². The lowest BCUT2D eigenvalue weighted by Crippen LogP contribution is -1.99. The molecule has 0 saturated carbocycles. The maximum Gasteiger partial charge on any atom is 0.226 e. The van der Waals surface area contributed by atoms with E-state index in [1.807, 2.05) is 24.3 Å². The zero-order chi connectivity index (χ0) is 12.3. The summed E-state index contributed by atoms with van der Waals surface area (Å²) in [6.45, 7) is 0. The Kier molecular flexibility index (Phi) is 3.39. The van der Waals surface area contributed by atoms with Gasteiger partial charge >= 0.3 is 0 Å². The summed E-state index contributed by atoms with van der Waals surface area (Å²) in [5, 5.41) is 9.04. The van der Waals surface area contributed by atoms with Crippen molar-refractivity contribution in [2.24, 2.45) is 0 Å². The maximum atomic E-state index is 11.2. The van der Waals surface area contributed by atoms with Crippen LogP contribution >= 0.6 is 11.8 Å². The number of benzene rings is 1. The molecule has 3 N–H and O–H groups in total. The van der Waals surface area contributed by atoms with Crippen molar-refractivity contribution in [1.29, 1.82) is 0 Å². The summed E-state index contributed by atoms with van der Waals surface area (Å²) in [4.78, 5) is 12.2. The average Bonchev–Trinajstić information content (AvgIpc) is 2.31. The molecule has 2 rings (SSSR count). The summed E-state index contributed by atoms with van der Waals surface area (Å²) in [6.07, 6.45) is 1.05. The Morgan fingerprint density at radius 3 is 2.88 bits per heavy atom. The van der Waals surface area contributed by atoms with Crippen LogP contribution in [0.3, 0.4) is 0 Å². The minimum Gasteiger partial charge on any atom is -0.502 e. The second-order valence-electron chi connectivity index (χ2n) is 3.46. The van der Waals surface area contributed by atoms with Gasteiger partial charge in [0.15, 0.2) is 5.75 Å². The third-order valence-corrected chi connectivity index (χ3v) is 3.12. The molecule has 1 aromatic carbocycles. The second-order valence-corrected chi connectivity index (χ2v) is 4.51. The first kappa shape index (κ1) is 11.6. The van der Waals surface area contributed by atoms with Crippen LogP contribution < -0.4 is 11.2 Å². The fourth-order valence-corrected chi connectivity index (χ4v) is 2.13. The van der Waals surface area contributed by atoms with Gasteiger partial charge in [0.05, 0.1) is 5.75 Å². The molecule has 88 valence electrons. The topological polar surface area (TPSA) is 76.5 Å². The van der Waals surface area contributed by atoms with Crippen LogP contribution in [-0.4, -0.2) is 5.11 Å². The van der Waals surface area contributed by atoms with Gasteiger partial charge in [-0.3, -0.25) is 4.79 Å². The van der Waals surface area contributed by atoms with Crippen LogP contribution in [0.5, 0.6) is 5.75 Å². The second kappa shape index (κ2) is 4.97. The fourth-order valence-electron chi connectivity index (χ4n) is 1.28. The van der Waals surface area contributed by atoms with E-state index in [-0.39, 0.29) is 5.75 Å². The highest BCUT2D eigenvalue weighted by Crippen LogP contribution is 2.24. The van der Waals surface area contributed by atoms with Crippen molar-refractivity contribution >= 4 is 17.4 Å². The summed E-state index contributed by atoms with van der Waals surface area (Å²) >= 11 is 1.51. The van der Waals surface area contributed by atoms with E-state index >= 15 is 0 Å².